The van der Waals surface area contributed by atoms with Crippen LogP contribution in [0.1, 0.15) is 5.56 Å². The van der Waals surface area contributed by atoms with Crippen LogP contribution in [-0.4, -0.2) is 19.8 Å². The molecule has 0 heterocycles. The standard InChI is InChI=1S/C7H8.CH2O.H3NO3S/c1-7-5-3-2-4-6-7;1-2;1-5(2,3)4/h2-6H,1H3;1H2;(H3,1,2,3,4). The Morgan fingerprint density at radius 1 is 1.21 bits per heavy atom. The van der Waals surface area contributed by atoms with E-state index < -0.39 is 10.3 Å². The molecule has 0 saturated heterocycles. The van der Waals surface area contributed by atoms with Crippen LogP contribution in [0.4, 0.5) is 0 Å². The summed E-state index contributed by atoms with van der Waals surface area (Å²) >= 11 is 0. The minimum atomic E-state index is -4.17. The van der Waals surface area contributed by atoms with Crippen molar-refractivity contribution in [2.24, 2.45) is 5.14 Å². The van der Waals surface area contributed by atoms with Gasteiger partial charge in [0.05, 0.1) is 0 Å². The van der Waals surface area contributed by atoms with E-state index in [1.54, 1.807) is 0 Å². The predicted octanol–water partition coefficient (Wildman–Crippen LogP) is 0.558. The maximum Gasteiger partial charge on any atom is 0.330 e. The van der Waals surface area contributed by atoms with Gasteiger partial charge in [0, 0.05) is 0 Å². The Morgan fingerprint density at radius 2 is 1.50 bits per heavy atom. The molecule has 0 saturated carbocycles. The van der Waals surface area contributed by atoms with Crippen molar-refractivity contribution in [3.05, 3.63) is 35.9 Å². The van der Waals surface area contributed by atoms with Gasteiger partial charge in [0.15, 0.2) is 0 Å². The van der Waals surface area contributed by atoms with Crippen molar-refractivity contribution in [3.8, 4) is 0 Å². The molecule has 5 nitrogen and oxygen atoms in total. The maximum atomic E-state index is 8.97. The highest BCUT2D eigenvalue weighted by molar-refractivity contribution is 7.83. The molecule has 1 aromatic carbocycles. The van der Waals surface area contributed by atoms with Gasteiger partial charge in [0.1, 0.15) is 6.79 Å². The molecule has 0 amide bonds. The second-order valence-corrected chi connectivity index (χ2v) is 3.20. The Labute approximate surface area is 83.4 Å². The van der Waals surface area contributed by atoms with Gasteiger partial charge in [-0.05, 0) is 6.92 Å². The molecule has 1 aromatic rings. The average molecular weight is 219 g/mol. The third kappa shape index (κ3) is 22.4. The van der Waals surface area contributed by atoms with E-state index in [2.05, 4.69) is 24.2 Å². The molecule has 0 aliphatic rings. The van der Waals surface area contributed by atoms with Crippen LogP contribution in [0.3, 0.4) is 0 Å². The van der Waals surface area contributed by atoms with Crippen molar-refractivity contribution in [3.63, 3.8) is 0 Å². The normalized spacial score (nSPS) is 8.79. The largest absolute Gasteiger partial charge is 0.330 e. The molecule has 1 rings (SSSR count). The van der Waals surface area contributed by atoms with Crippen LogP contribution in [0, 0.1) is 6.92 Å². The number of rotatable bonds is 0. The molecule has 0 fully saturated rings. The lowest BCUT2D eigenvalue weighted by Crippen LogP contribution is -2.08. The van der Waals surface area contributed by atoms with Gasteiger partial charge in [-0.1, -0.05) is 35.9 Å². The molecule has 0 unspecified atom stereocenters. The Kier molecular flexibility index (Phi) is 9.10. The number of nitrogens with two attached hydrogens (primary N) is 1. The van der Waals surface area contributed by atoms with Crippen LogP contribution in [0.15, 0.2) is 30.3 Å². The number of hydrogen-bond donors (Lipinski definition) is 2. The van der Waals surface area contributed by atoms with Crippen LogP contribution in [-0.2, 0) is 15.1 Å². The molecule has 0 aliphatic carbocycles. The lowest BCUT2D eigenvalue weighted by Gasteiger charge is -1.82. The van der Waals surface area contributed by atoms with Crippen LogP contribution in [0.5, 0.6) is 0 Å². The number of carbonyl (C=O) groups is 1. The van der Waals surface area contributed by atoms with E-state index in [0.29, 0.717) is 0 Å². The molecule has 0 spiro atoms. The van der Waals surface area contributed by atoms with Crippen LogP contribution in [0.25, 0.3) is 0 Å². The van der Waals surface area contributed by atoms with Crippen LogP contribution >= 0.6 is 0 Å². The third-order valence-corrected chi connectivity index (χ3v) is 0.940. The molecule has 0 radical (unpaired) electrons. The van der Waals surface area contributed by atoms with Gasteiger partial charge in [0.2, 0.25) is 0 Å². The number of benzene rings is 1. The topological polar surface area (TPSA) is 97.5 Å². The molecule has 0 aromatic heterocycles. The van der Waals surface area contributed by atoms with E-state index in [1.165, 1.54) is 5.56 Å². The Morgan fingerprint density at radius 3 is 1.64 bits per heavy atom. The fourth-order valence-corrected chi connectivity index (χ4v) is 0.534. The van der Waals surface area contributed by atoms with Gasteiger partial charge >= 0.3 is 10.3 Å². The van der Waals surface area contributed by atoms with Crippen molar-refractivity contribution in [2.75, 3.05) is 0 Å². The Balaban J connectivity index is 0. The molecule has 0 aliphatic heterocycles. The summed E-state index contributed by atoms with van der Waals surface area (Å²) in [4.78, 5) is 8.00. The summed E-state index contributed by atoms with van der Waals surface area (Å²) in [5.74, 6) is 0. The molecular weight excluding hydrogens is 206 g/mol. The first-order chi connectivity index (χ1) is 6.39. The van der Waals surface area contributed by atoms with Crippen molar-refractivity contribution in [1.82, 2.24) is 0 Å². The maximum absolute atomic E-state index is 8.97. The summed E-state index contributed by atoms with van der Waals surface area (Å²) in [6.07, 6.45) is 0. The van der Waals surface area contributed by atoms with Crippen molar-refractivity contribution in [1.29, 1.82) is 0 Å². The zero-order valence-corrected chi connectivity index (χ0v) is 8.57. The fourth-order valence-electron chi connectivity index (χ4n) is 0.534. The minimum Gasteiger partial charge on any atom is -0.307 e. The van der Waals surface area contributed by atoms with E-state index in [9.17, 15) is 0 Å². The third-order valence-electron chi connectivity index (χ3n) is 0.940. The molecule has 0 atom stereocenters. The summed E-state index contributed by atoms with van der Waals surface area (Å²) in [5, 5.41) is 3.88. The van der Waals surface area contributed by atoms with Crippen molar-refractivity contribution < 1.29 is 17.8 Å². The van der Waals surface area contributed by atoms with Gasteiger partial charge in [-0.3, -0.25) is 4.55 Å². The van der Waals surface area contributed by atoms with Gasteiger partial charge in [-0.25, -0.2) is 5.14 Å². The molecule has 3 N–H and O–H groups in total. The molecule has 14 heavy (non-hydrogen) atoms. The van der Waals surface area contributed by atoms with Gasteiger partial charge in [0.25, 0.3) is 0 Å². The lowest BCUT2D eigenvalue weighted by atomic mass is 10.2. The first-order valence-corrected chi connectivity index (χ1v) is 4.95. The highest BCUT2D eigenvalue weighted by Crippen LogP contribution is 1.92. The van der Waals surface area contributed by atoms with Gasteiger partial charge in [-0.2, -0.15) is 8.42 Å². The van der Waals surface area contributed by atoms with Gasteiger partial charge in [-0.15, -0.1) is 0 Å². The quantitative estimate of drug-likeness (QED) is 0.623. The first-order valence-electron chi connectivity index (χ1n) is 3.45. The van der Waals surface area contributed by atoms with E-state index in [1.807, 2.05) is 25.0 Å². The first kappa shape index (κ1) is 15.2. The van der Waals surface area contributed by atoms with E-state index >= 15 is 0 Å². The Hall–Kier alpha value is -1.24. The molecule has 6 heteroatoms. The molecule has 0 bridgehead atoms. The summed E-state index contributed by atoms with van der Waals surface area (Å²) < 4.78 is 25.2. The summed E-state index contributed by atoms with van der Waals surface area (Å²) in [5.41, 5.74) is 1.32. The highest BCUT2D eigenvalue weighted by atomic mass is 32.2. The summed E-state index contributed by atoms with van der Waals surface area (Å²) in [7, 11) is -4.17. The molecular formula is C8H13NO4S. The van der Waals surface area contributed by atoms with E-state index in [4.69, 9.17) is 17.8 Å². The minimum absolute atomic E-state index is 1.32. The Bertz CT molecular complexity index is 314. The van der Waals surface area contributed by atoms with E-state index in [0.717, 1.165) is 0 Å². The second-order valence-electron chi connectivity index (χ2n) is 2.17. The number of hydrogen-bond acceptors (Lipinski definition) is 3. The summed E-state index contributed by atoms with van der Waals surface area (Å²) in [6.45, 7) is 4.08. The summed E-state index contributed by atoms with van der Waals surface area (Å²) in [6, 6.07) is 10.3. The SMILES string of the molecule is C=O.Cc1ccccc1.NS(=O)(=O)O. The zero-order chi connectivity index (χ0) is 11.6. The number of aryl methyl sites for hydroxylation is 1. The average Bonchev–Trinajstić information content (AvgIpc) is 2.06. The monoisotopic (exact) mass is 219 g/mol. The number of carbonyl (C=O) groups excluding carboxylic acids is 1. The predicted molar refractivity (Wildman–Crippen MR) is 54.0 cm³/mol. The fraction of sp³-hybridized carbons (Fsp3) is 0.125. The smallest absolute Gasteiger partial charge is 0.307 e. The highest BCUT2D eigenvalue weighted by Gasteiger charge is 1.81. The van der Waals surface area contributed by atoms with Crippen LogP contribution in [0.2, 0.25) is 0 Å². The van der Waals surface area contributed by atoms with Crippen LogP contribution < -0.4 is 5.14 Å². The van der Waals surface area contributed by atoms with E-state index in [-0.39, 0.29) is 0 Å². The van der Waals surface area contributed by atoms with Gasteiger partial charge < -0.3 is 4.79 Å². The molecule has 80 valence electrons. The second kappa shape index (κ2) is 8.36. The lowest BCUT2D eigenvalue weighted by molar-refractivity contribution is -0.0979. The van der Waals surface area contributed by atoms with Crippen molar-refractivity contribution in [2.45, 2.75) is 6.92 Å². The van der Waals surface area contributed by atoms with Crippen molar-refractivity contribution >= 4 is 17.1 Å². The zero-order valence-electron chi connectivity index (χ0n) is 7.75.